The van der Waals surface area contributed by atoms with Crippen LogP contribution in [0.4, 0.5) is 23.2 Å². The second kappa shape index (κ2) is 8.62. The number of amides is 1. The Labute approximate surface area is 179 Å². The maximum absolute atomic E-state index is 13.1. The predicted molar refractivity (Wildman–Crippen MR) is 107 cm³/mol. The third-order valence-corrected chi connectivity index (χ3v) is 4.58. The van der Waals surface area contributed by atoms with Crippen LogP contribution in [0.2, 0.25) is 5.15 Å². The van der Waals surface area contributed by atoms with Crippen molar-refractivity contribution in [2.75, 3.05) is 5.32 Å². The Balaban J connectivity index is 1.91. The molecule has 10 heteroatoms. The van der Waals surface area contributed by atoms with E-state index in [0.29, 0.717) is 11.4 Å². The summed E-state index contributed by atoms with van der Waals surface area (Å²) in [5.74, 6) is -1.35. The molecule has 5 nitrogen and oxygen atoms in total. The van der Waals surface area contributed by atoms with Crippen molar-refractivity contribution < 1.29 is 22.4 Å². The number of hydrogen-bond donors (Lipinski definition) is 1. The van der Waals surface area contributed by atoms with Crippen molar-refractivity contribution in [1.82, 2.24) is 9.78 Å². The minimum Gasteiger partial charge on any atom is -0.321 e. The first-order chi connectivity index (χ1) is 14.6. The summed E-state index contributed by atoms with van der Waals surface area (Å²) in [5.41, 5.74) is -0.337. The number of aromatic nitrogens is 2. The molecule has 0 unspecified atom stereocenters. The standard InChI is InChI=1S/C21H13ClF4N4O/c1-12-18(19(22)30(29-12)17-7-5-15(23)6-8-17)9-13(11-27)20(31)28-16-4-2-3-14(10-16)21(24,25)26/h2-10H,1H3,(H,28,31). The SMILES string of the molecule is Cc1nn(-c2ccc(F)cc2)c(Cl)c1C=C(C#N)C(=O)Nc1cccc(C(F)(F)F)c1. The molecule has 158 valence electrons. The van der Waals surface area contributed by atoms with Gasteiger partial charge in [-0.15, -0.1) is 0 Å². The van der Waals surface area contributed by atoms with Gasteiger partial charge in [0.25, 0.3) is 5.91 Å². The third-order valence-electron chi connectivity index (χ3n) is 4.22. The monoisotopic (exact) mass is 448 g/mol. The van der Waals surface area contributed by atoms with E-state index in [2.05, 4.69) is 10.4 Å². The van der Waals surface area contributed by atoms with Gasteiger partial charge in [0.1, 0.15) is 22.6 Å². The van der Waals surface area contributed by atoms with E-state index < -0.39 is 23.5 Å². The molecule has 0 saturated heterocycles. The van der Waals surface area contributed by atoms with Crippen LogP contribution in [0.5, 0.6) is 0 Å². The first kappa shape index (κ1) is 22.1. The van der Waals surface area contributed by atoms with E-state index in [-0.39, 0.29) is 22.0 Å². The Hall–Kier alpha value is -3.64. The number of anilines is 1. The lowest BCUT2D eigenvalue weighted by molar-refractivity contribution is -0.137. The van der Waals surface area contributed by atoms with Gasteiger partial charge in [-0.2, -0.15) is 23.5 Å². The number of halogens is 5. The van der Waals surface area contributed by atoms with Crippen LogP contribution < -0.4 is 5.32 Å². The largest absolute Gasteiger partial charge is 0.416 e. The van der Waals surface area contributed by atoms with Gasteiger partial charge in [-0.25, -0.2) is 9.07 Å². The average molecular weight is 449 g/mol. The minimum atomic E-state index is -4.58. The van der Waals surface area contributed by atoms with Gasteiger partial charge in [-0.1, -0.05) is 17.7 Å². The van der Waals surface area contributed by atoms with Crippen molar-refractivity contribution in [3.8, 4) is 11.8 Å². The van der Waals surface area contributed by atoms with Crippen molar-refractivity contribution >= 4 is 29.3 Å². The molecule has 1 amide bonds. The van der Waals surface area contributed by atoms with Crippen molar-refractivity contribution in [3.05, 3.63) is 81.9 Å². The summed E-state index contributed by atoms with van der Waals surface area (Å²) in [6.45, 7) is 1.59. The zero-order valence-electron chi connectivity index (χ0n) is 15.8. The second-order valence-electron chi connectivity index (χ2n) is 6.38. The summed E-state index contributed by atoms with van der Waals surface area (Å²) in [6, 6.07) is 11.1. The number of carbonyl (C=O) groups is 1. The van der Waals surface area contributed by atoms with Gasteiger partial charge in [0.2, 0.25) is 0 Å². The Morgan fingerprint density at radius 1 is 1.23 bits per heavy atom. The summed E-state index contributed by atoms with van der Waals surface area (Å²) in [6.07, 6.45) is -3.39. The molecule has 0 radical (unpaired) electrons. The van der Waals surface area contributed by atoms with Crippen LogP contribution in [0.15, 0.2) is 54.1 Å². The van der Waals surface area contributed by atoms with Gasteiger partial charge in [0.05, 0.1) is 16.9 Å². The van der Waals surface area contributed by atoms with E-state index in [9.17, 15) is 27.6 Å². The van der Waals surface area contributed by atoms with Crippen LogP contribution in [-0.4, -0.2) is 15.7 Å². The Bertz CT molecular complexity index is 1210. The number of nitrogens with zero attached hydrogens (tertiary/aromatic N) is 3. The summed E-state index contributed by atoms with van der Waals surface area (Å²) in [5, 5.41) is 16.0. The van der Waals surface area contributed by atoms with Crippen LogP contribution >= 0.6 is 11.6 Å². The van der Waals surface area contributed by atoms with Gasteiger partial charge in [-0.05, 0) is 55.5 Å². The van der Waals surface area contributed by atoms with Crippen molar-refractivity contribution in [3.63, 3.8) is 0 Å². The highest BCUT2D eigenvalue weighted by Crippen LogP contribution is 2.31. The van der Waals surface area contributed by atoms with Gasteiger partial charge in [0.15, 0.2) is 0 Å². The Morgan fingerprint density at radius 3 is 2.52 bits per heavy atom. The fourth-order valence-corrected chi connectivity index (χ4v) is 3.02. The number of alkyl halides is 3. The van der Waals surface area contributed by atoms with E-state index in [1.54, 1.807) is 13.0 Å². The van der Waals surface area contributed by atoms with E-state index in [1.807, 2.05) is 0 Å². The third kappa shape index (κ3) is 4.92. The second-order valence-corrected chi connectivity index (χ2v) is 6.74. The highest BCUT2D eigenvalue weighted by atomic mass is 35.5. The number of rotatable bonds is 4. The maximum atomic E-state index is 13.1. The van der Waals surface area contributed by atoms with Gasteiger partial charge >= 0.3 is 6.18 Å². The number of nitriles is 1. The molecular weight excluding hydrogens is 436 g/mol. The molecule has 0 aliphatic heterocycles. The maximum Gasteiger partial charge on any atom is 0.416 e. The molecule has 1 heterocycles. The summed E-state index contributed by atoms with van der Waals surface area (Å²) >= 11 is 6.34. The zero-order chi connectivity index (χ0) is 22.8. The lowest BCUT2D eigenvalue weighted by Crippen LogP contribution is -2.14. The molecule has 0 spiro atoms. The average Bonchev–Trinajstić information content (AvgIpc) is 2.99. The molecule has 0 saturated carbocycles. The van der Waals surface area contributed by atoms with Crippen LogP contribution in [0, 0.1) is 24.1 Å². The molecule has 3 aromatic rings. The molecule has 0 aliphatic carbocycles. The predicted octanol–water partition coefficient (Wildman–Crippen LogP) is 5.54. The number of carbonyl (C=O) groups excluding carboxylic acids is 1. The molecule has 0 bridgehead atoms. The number of aryl methyl sites for hydroxylation is 1. The number of benzene rings is 2. The molecule has 0 aliphatic rings. The molecule has 2 aromatic carbocycles. The molecule has 31 heavy (non-hydrogen) atoms. The lowest BCUT2D eigenvalue weighted by atomic mass is 10.1. The lowest BCUT2D eigenvalue weighted by Gasteiger charge is -2.09. The van der Waals surface area contributed by atoms with Crippen LogP contribution in [0.3, 0.4) is 0 Å². The van der Waals surface area contributed by atoms with E-state index >= 15 is 0 Å². The normalized spacial score (nSPS) is 11.8. The van der Waals surface area contributed by atoms with Crippen LogP contribution in [0.1, 0.15) is 16.8 Å². The van der Waals surface area contributed by atoms with E-state index in [0.717, 1.165) is 18.2 Å². The quantitative estimate of drug-likeness (QED) is 0.324. The van der Waals surface area contributed by atoms with Crippen LogP contribution in [-0.2, 0) is 11.0 Å². The first-order valence-electron chi connectivity index (χ1n) is 8.71. The van der Waals surface area contributed by atoms with Gasteiger partial charge in [0, 0.05) is 11.3 Å². The fraction of sp³-hybridized carbons (Fsp3) is 0.0952. The van der Waals surface area contributed by atoms with Crippen molar-refractivity contribution in [1.29, 1.82) is 5.26 Å². The molecule has 1 N–H and O–H groups in total. The number of nitrogens with one attached hydrogen (secondary N) is 1. The molecule has 0 atom stereocenters. The highest BCUT2D eigenvalue weighted by molar-refractivity contribution is 6.31. The van der Waals surface area contributed by atoms with Gasteiger partial charge < -0.3 is 5.32 Å². The van der Waals surface area contributed by atoms with E-state index in [4.69, 9.17) is 11.6 Å². The first-order valence-corrected chi connectivity index (χ1v) is 9.09. The van der Waals surface area contributed by atoms with Gasteiger partial charge in [-0.3, -0.25) is 4.79 Å². The van der Waals surface area contributed by atoms with E-state index in [1.165, 1.54) is 41.1 Å². The fourth-order valence-electron chi connectivity index (χ4n) is 2.69. The number of hydrogen-bond acceptors (Lipinski definition) is 3. The Kier molecular flexibility index (Phi) is 6.13. The topological polar surface area (TPSA) is 70.7 Å². The van der Waals surface area contributed by atoms with Crippen molar-refractivity contribution in [2.45, 2.75) is 13.1 Å². The molecule has 1 aromatic heterocycles. The summed E-state index contributed by atoms with van der Waals surface area (Å²) in [7, 11) is 0. The minimum absolute atomic E-state index is 0.0729. The smallest absolute Gasteiger partial charge is 0.321 e. The Morgan fingerprint density at radius 2 is 1.90 bits per heavy atom. The molecule has 3 rings (SSSR count). The highest BCUT2D eigenvalue weighted by Gasteiger charge is 2.30. The van der Waals surface area contributed by atoms with Crippen LogP contribution in [0.25, 0.3) is 11.8 Å². The van der Waals surface area contributed by atoms with Crippen molar-refractivity contribution in [2.24, 2.45) is 0 Å². The zero-order valence-corrected chi connectivity index (χ0v) is 16.6. The summed E-state index contributed by atoms with van der Waals surface area (Å²) < 4.78 is 53.0. The molecular formula is C21H13ClF4N4O. The molecule has 0 fully saturated rings. The summed E-state index contributed by atoms with van der Waals surface area (Å²) in [4.78, 5) is 12.5.